The lowest BCUT2D eigenvalue weighted by Gasteiger charge is -2.13. The Hall–Kier alpha value is -1.59. The number of hydrogen-bond donors (Lipinski definition) is 2. The number of hydrogen-bond acceptors (Lipinski definition) is 4. The van der Waals surface area contributed by atoms with Gasteiger partial charge in [-0.1, -0.05) is 18.5 Å². The van der Waals surface area contributed by atoms with E-state index < -0.39 is 12.0 Å². The number of halogens is 1. The summed E-state index contributed by atoms with van der Waals surface area (Å²) in [6.45, 7) is 1.80. The SMILES string of the molecule is CC[C@@H](N)C(=O)Nc1cc(Cl)ccc1C(=O)OC. The molecule has 1 aromatic rings. The van der Waals surface area contributed by atoms with Crippen LogP contribution in [0, 0.1) is 0 Å². The summed E-state index contributed by atoms with van der Waals surface area (Å²) < 4.78 is 4.62. The molecule has 0 aliphatic carbocycles. The van der Waals surface area contributed by atoms with Gasteiger partial charge in [0.25, 0.3) is 0 Å². The molecule has 0 heterocycles. The molecule has 1 aromatic carbocycles. The average Bonchev–Trinajstić information content (AvgIpc) is 2.37. The number of carbonyl (C=O) groups excluding carboxylic acids is 2. The van der Waals surface area contributed by atoms with Crippen molar-refractivity contribution in [2.45, 2.75) is 19.4 Å². The highest BCUT2D eigenvalue weighted by molar-refractivity contribution is 6.31. The molecule has 0 unspecified atom stereocenters. The molecule has 98 valence electrons. The first-order valence-corrected chi connectivity index (χ1v) is 5.81. The standard InChI is InChI=1S/C12H15ClN2O3/c1-3-9(14)11(16)15-10-6-7(13)4-5-8(10)12(17)18-2/h4-6,9H,3,14H2,1-2H3,(H,15,16)/t9-/m1/s1. The van der Waals surface area contributed by atoms with Crippen LogP contribution >= 0.6 is 11.6 Å². The summed E-state index contributed by atoms with van der Waals surface area (Å²) >= 11 is 5.83. The van der Waals surface area contributed by atoms with E-state index in [-0.39, 0.29) is 11.5 Å². The van der Waals surface area contributed by atoms with Gasteiger partial charge in [0.05, 0.1) is 24.4 Å². The second kappa shape index (κ2) is 6.37. The van der Waals surface area contributed by atoms with Crippen molar-refractivity contribution >= 4 is 29.2 Å². The number of nitrogens with one attached hydrogen (secondary N) is 1. The number of amides is 1. The van der Waals surface area contributed by atoms with Gasteiger partial charge in [0.2, 0.25) is 5.91 Å². The fraction of sp³-hybridized carbons (Fsp3) is 0.333. The predicted octanol–water partition coefficient (Wildman–Crippen LogP) is 1.80. The van der Waals surface area contributed by atoms with E-state index in [1.165, 1.54) is 19.2 Å². The van der Waals surface area contributed by atoms with Crippen LogP contribution in [0.15, 0.2) is 18.2 Å². The maximum Gasteiger partial charge on any atom is 0.339 e. The highest BCUT2D eigenvalue weighted by Gasteiger charge is 2.17. The quantitative estimate of drug-likeness (QED) is 0.818. The molecule has 0 bridgehead atoms. The second-order valence-corrected chi connectivity index (χ2v) is 4.12. The molecule has 0 fully saturated rings. The number of rotatable bonds is 4. The fourth-order valence-corrected chi connectivity index (χ4v) is 1.49. The van der Waals surface area contributed by atoms with Gasteiger partial charge in [-0.3, -0.25) is 4.79 Å². The van der Waals surface area contributed by atoms with Gasteiger partial charge in [0.15, 0.2) is 0 Å². The first kappa shape index (κ1) is 14.5. The summed E-state index contributed by atoms with van der Waals surface area (Å²) in [7, 11) is 1.26. The first-order chi connectivity index (χ1) is 8.49. The summed E-state index contributed by atoms with van der Waals surface area (Å²) in [4.78, 5) is 23.2. The van der Waals surface area contributed by atoms with Crippen LogP contribution in [0.1, 0.15) is 23.7 Å². The highest BCUT2D eigenvalue weighted by Crippen LogP contribution is 2.22. The Morgan fingerprint density at radius 2 is 2.17 bits per heavy atom. The molecule has 1 rings (SSSR count). The smallest absolute Gasteiger partial charge is 0.339 e. The van der Waals surface area contributed by atoms with Crippen LogP contribution in [0.2, 0.25) is 5.02 Å². The van der Waals surface area contributed by atoms with Crippen molar-refractivity contribution in [1.82, 2.24) is 0 Å². The maximum atomic E-state index is 11.7. The van der Waals surface area contributed by atoms with Gasteiger partial charge < -0.3 is 15.8 Å². The fourth-order valence-electron chi connectivity index (χ4n) is 1.32. The lowest BCUT2D eigenvalue weighted by molar-refractivity contribution is -0.117. The van der Waals surface area contributed by atoms with Gasteiger partial charge in [-0.15, -0.1) is 0 Å². The molecule has 3 N–H and O–H groups in total. The van der Waals surface area contributed by atoms with E-state index in [0.29, 0.717) is 17.1 Å². The molecule has 0 aliphatic heterocycles. The molecule has 1 atom stereocenters. The second-order valence-electron chi connectivity index (χ2n) is 3.69. The number of carbonyl (C=O) groups is 2. The minimum absolute atomic E-state index is 0.235. The van der Waals surface area contributed by atoms with Gasteiger partial charge in [0, 0.05) is 5.02 Å². The Labute approximate surface area is 110 Å². The van der Waals surface area contributed by atoms with Crippen LogP contribution in [-0.2, 0) is 9.53 Å². The van der Waals surface area contributed by atoms with Crippen LogP contribution in [-0.4, -0.2) is 25.0 Å². The largest absolute Gasteiger partial charge is 0.465 e. The number of nitrogens with two attached hydrogens (primary N) is 1. The van der Waals surface area contributed by atoms with Crippen molar-refractivity contribution in [3.05, 3.63) is 28.8 Å². The normalized spacial score (nSPS) is 11.8. The summed E-state index contributed by atoms with van der Waals surface area (Å²) in [5, 5.41) is 2.97. The lowest BCUT2D eigenvalue weighted by Crippen LogP contribution is -2.35. The molecular formula is C12H15ClN2O3. The zero-order valence-electron chi connectivity index (χ0n) is 10.2. The Bertz CT molecular complexity index is 463. The molecule has 0 spiro atoms. The monoisotopic (exact) mass is 270 g/mol. The molecule has 0 radical (unpaired) electrons. The third-order valence-corrected chi connectivity index (χ3v) is 2.66. The van der Waals surface area contributed by atoms with Crippen LogP contribution in [0.4, 0.5) is 5.69 Å². The van der Waals surface area contributed by atoms with Crippen LogP contribution in [0.5, 0.6) is 0 Å². The molecule has 0 aliphatic rings. The molecule has 0 saturated heterocycles. The van der Waals surface area contributed by atoms with E-state index in [4.69, 9.17) is 17.3 Å². The number of esters is 1. The number of anilines is 1. The third-order valence-electron chi connectivity index (χ3n) is 2.42. The maximum absolute atomic E-state index is 11.7. The van der Waals surface area contributed by atoms with E-state index >= 15 is 0 Å². The summed E-state index contributed by atoms with van der Waals surface area (Å²) in [5.74, 6) is -0.919. The van der Waals surface area contributed by atoms with E-state index in [0.717, 1.165) is 0 Å². The molecular weight excluding hydrogens is 256 g/mol. The third kappa shape index (κ3) is 3.45. The van der Waals surface area contributed by atoms with Crippen molar-refractivity contribution in [1.29, 1.82) is 0 Å². The summed E-state index contributed by atoms with van der Waals surface area (Å²) in [5.41, 5.74) is 6.13. The van der Waals surface area contributed by atoms with Crippen LogP contribution < -0.4 is 11.1 Å². The summed E-state index contributed by atoms with van der Waals surface area (Å²) in [6.07, 6.45) is 0.500. The molecule has 0 aromatic heterocycles. The van der Waals surface area contributed by atoms with Crippen molar-refractivity contribution in [2.75, 3.05) is 12.4 Å². The van der Waals surface area contributed by atoms with E-state index in [1.54, 1.807) is 13.0 Å². The van der Waals surface area contributed by atoms with E-state index in [9.17, 15) is 9.59 Å². The van der Waals surface area contributed by atoms with Crippen molar-refractivity contribution in [3.63, 3.8) is 0 Å². The van der Waals surface area contributed by atoms with E-state index in [1.807, 2.05) is 0 Å². The Morgan fingerprint density at radius 3 is 2.72 bits per heavy atom. The van der Waals surface area contributed by atoms with Crippen molar-refractivity contribution < 1.29 is 14.3 Å². The topological polar surface area (TPSA) is 81.4 Å². The van der Waals surface area contributed by atoms with Gasteiger partial charge in [-0.05, 0) is 24.6 Å². The molecule has 0 saturated carbocycles. The predicted molar refractivity (Wildman–Crippen MR) is 69.7 cm³/mol. The number of benzene rings is 1. The average molecular weight is 271 g/mol. The van der Waals surface area contributed by atoms with Crippen molar-refractivity contribution in [2.24, 2.45) is 5.73 Å². The number of ether oxygens (including phenoxy) is 1. The molecule has 5 nitrogen and oxygen atoms in total. The highest BCUT2D eigenvalue weighted by atomic mass is 35.5. The van der Waals surface area contributed by atoms with Gasteiger partial charge in [-0.2, -0.15) is 0 Å². The van der Waals surface area contributed by atoms with Crippen LogP contribution in [0.3, 0.4) is 0 Å². The zero-order valence-corrected chi connectivity index (χ0v) is 11.0. The van der Waals surface area contributed by atoms with Gasteiger partial charge in [0.1, 0.15) is 0 Å². The van der Waals surface area contributed by atoms with E-state index in [2.05, 4.69) is 10.1 Å². The Balaban J connectivity index is 3.03. The number of methoxy groups -OCH3 is 1. The molecule has 6 heteroatoms. The minimum atomic E-state index is -0.630. The Morgan fingerprint density at radius 1 is 1.50 bits per heavy atom. The molecule has 1 amide bonds. The van der Waals surface area contributed by atoms with Gasteiger partial charge >= 0.3 is 5.97 Å². The first-order valence-electron chi connectivity index (χ1n) is 5.44. The Kier molecular flexibility index (Phi) is 5.12. The molecule has 18 heavy (non-hydrogen) atoms. The van der Waals surface area contributed by atoms with Crippen molar-refractivity contribution in [3.8, 4) is 0 Å². The zero-order chi connectivity index (χ0) is 13.7. The van der Waals surface area contributed by atoms with Crippen LogP contribution in [0.25, 0.3) is 0 Å². The summed E-state index contributed by atoms with van der Waals surface area (Å²) in [6, 6.07) is 3.88. The lowest BCUT2D eigenvalue weighted by atomic mass is 10.1. The van der Waals surface area contributed by atoms with Gasteiger partial charge in [-0.25, -0.2) is 4.79 Å². The minimum Gasteiger partial charge on any atom is -0.465 e.